The minimum absolute atomic E-state index is 0.473. The Kier molecular flexibility index (Phi) is 4.66. The van der Waals surface area contributed by atoms with Crippen LogP contribution in [0.4, 0.5) is 0 Å². The second kappa shape index (κ2) is 6.02. The van der Waals surface area contributed by atoms with E-state index < -0.39 is 0 Å². The molecule has 0 amide bonds. The lowest BCUT2D eigenvalue weighted by Gasteiger charge is -2.29. The first kappa shape index (κ1) is 12.4. The molecule has 2 fully saturated rings. The zero-order chi connectivity index (χ0) is 11.4. The first-order valence-electron chi connectivity index (χ1n) is 7.10. The van der Waals surface area contributed by atoms with Gasteiger partial charge in [-0.15, -0.1) is 0 Å². The number of nitrogens with one attached hydrogen (secondary N) is 1. The van der Waals surface area contributed by atoms with E-state index in [9.17, 15) is 0 Å². The first-order chi connectivity index (χ1) is 7.75. The molecule has 0 aromatic rings. The smallest absolute Gasteiger partial charge is 0.0726 e. The van der Waals surface area contributed by atoms with Crippen molar-refractivity contribution in [2.45, 2.75) is 64.5 Å². The molecule has 1 N–H and O–H groups in total. The van der Waals surface area contributed by atoms with E-state index in [0.717, 1.165) is 18.4 Å². The predicted octanol–water partition coefficient (Wildman–Crippen LogP) is 2.97. The zero-order valence-electron chi connectivity index (χ0n) is 10.9. The van der Waals surface area contributed by atoms with Crippen LogP contribution in [0, 0.1) is 11.8 Å². The van der Waals surface area contributed by atoms with Crippen LogP contribution in [0.5, 0.6) is 0 Å². The summed E-state index contributed by atoms with van der Waals surface area (Å²) in [7, 11) is 0. The van der Waals surface area contributed by atoms with Gasteiger partial charge in [0.15, 0.2) is 0 Å². The molecular formula is C14H27NO. The lowest BCUT2D eigenvalue weighted by molar-refractivity contribution is 0.0810. The van der Waals surface area contributed by atoms with Gasteiger partial charge < -0.3 is 10.1 Å². The molecule has 1 aliphatic heterocycles. The van der Waals surface area contributed by atoms with Crippen LogP contribution in [0.25, 0.3) is 0 Å². The van der Waals surface area contributed by atoms with Gasteiger partial charge in [-0.1, -0.05) is 19.8 Å². The molecule has 0 spiro atoms. The summed E-state index contributed by atoms with van der Waals surface area (Å²) < 4.78 is 5.71. The monoisotopic (exact) mass is 225 g/mol. The molecule has 1 heterocycles. The van der Waals surface area contributed by atoms with Crippen LogP contribution in [-0.2, 0) is 4.74 Å². The zero-order valence-corrected chi connectivity index (χ0v) is 10.9. The molecule has 0 bridgehead atoms. The van der Waals surface area contributed by atoms with Crippen LogP contribution < -0.4 is 5.32 Å². The number of rotatable bonds is 4. The van der Waals surface area contributed by atoms with Crippen LogP contribution in [0.2, 0.25) is 0 Å². The van der Waals surface area contributed by atoms with Gasteiger partial charge in [0.25, 0.3) is 0 Å². The standard InChI is InChI=1S/C14H27NO/c1-11-5-3-6-13(9-11)10-15-12(2)14-7-4-8-16-14/h11-15H,3-10H2,1-2H3. The fraction of sp³-hybridized carbons (Fsp3) is 1.00. The lowest BCUT2D eigenvalue weighted by atomic mass is 9.82. The van der Waals surface area contributed by atoms with E-state index in [4.69, 9.17) is 4.74 Å². The molecule has 4 unspecified atom stereocenters. The topological polar surface area (TPSA) is 21.3 Å². The number of ether oxygens (including phenoxy) is 1. The van der Waals surface area contributed by atoms with Gasteiger partial charge in [-0.3, -0.25) is 0 Å². The van der Waals surface area contributed by atoms with Crippen molar-refractivity contribution in [2.75, 3.05) is 13.2 Å². The Morgan fingerprint density at radius 1 is 1.25 bits per heavy atom. The molecule has 2 heteroatoms. The van der Waals surface area contributed by atoms with E-state index >= 15 is 0 Å². The maximum atomic E-state index is 5.71. The van der Waals surface area contributed by atoms with Crippen molar-refractivity contribution in [1.29, 1.82) is 0 Å². The molecule has 4 atom stereocenters. The van der Waals surface area contributed by atoms with Gasteiger partial charge in [0.2, 0.25) is 0 Å². The Labute approximate surface area is 100 Å². The highest BCUT2D eigenvalue weighted by Gasteiger charge is 2.24. The highest BCUT2D eigenvalue weighted by Crippen LogP contribution is 2.28. The van der Waals surface area contributed by atoms with E-state index in [-0.39, 0.29) is 0 Å². The summed E-state index contributed by atoms with van der Waals surface area (Å²) in [5.41, 5.74) is 0. The Balaban J connectivity index is 1.65. The Morgan fingerprint density at radius 2 is 2.12 bits per heavy atom. The molecule has 2 aliphatic rings. The second-order valence-electron chi connectivity index (χ2n) is 5.89. The molecule has 0 aromatic carbocycles. The number of hydrogen-bond acceptors (Lipinski definition) is 2. The summed E-state index contributed by atoms with van der Waals surface area (Å²) in [6.45, 7) is 6.85. The van der Waals surface area contributed by atoms with Crippen molar-refractivity contribution in [3.8, 4) is 0 Å². The van der Waals surface area contributed by atoms with Crippen molar-refractivity contribution in [3.63, 3.8) is 0 Å². The molecule has 0 radical (unpaired) electrons. The van der Waals surface area contributed by atoms with Crippen molar-refractivity contribution >= 4 is 0 Å². The molecule has 0 aromatic heterocycles. The lowest BCUT2D eigenvalue weighted by Crippen LogP contribution is -2.40. The Bertz CT molecular complexity index is 199. The summed E-state index contributed by atoms with van der Waals surface area (Å²) in [6, 6.07) is 0.541. The van der Waals surface area contributed by atoms with Crippen molar-refractivity contribution < 1.29 is 4.74 Å². The summed E-state index contributed by atoms with van der Waals surface area (Å²) in [6.07, 6.45) is 8.69. The molecule has 2 rings (SSSR count). The van der Waals surface area contributed by atoms with Gasteiger partial charge in [0.05, 0.1) is 6.10 Å². The van der Waals surface area contributed by atoms with Gasteiger partial charge >= 0.3 is 0 Å². The molecule has 16 heavy (non-hydrogen) atoms. The predicted molar refractivity (Wildman–Crippen MR) is 67.6 cm³/mol. The SMILES string of the molecule is CC1CCCC(CNC(C)C2CCCO2)C1. The van der Waals surface area contributed by atoms with Crippen LogP contribution in [0.3, 0.4) is 0 Å². The Hall–Kier alpha value is -0.0800. The van der Waals surface area contributed by atoms with E-state index in [0.29, 0.717) is 12.1 Å². The van der Waals surface area contributed by atoms with Gasteiger partial charge in [0, 0.05) is 12.6 Å². The highest BCUT2D eigenvalue weighted by atomic mass is 16.5. The number of hydrogen-bond donors (Lipinski definition) is 1. The van der Waals surface area contributed by atoms with E-state index in [1.807, 2.05) is 0 Å². The van der Waals surface area contributed by atoms with Crippen LogP contribution in [-0.4, -0.2) is 25.3 Å². The third-order valence-electron chi connectivity index (χ3n) is 4.30. The summed E-state index contributed by atoms with van der Waals surface area (Å²) in [5, 5.41) is 3.69. The fourth-order valence-electron chi connectivity index (χ4n) is 3.23. The van der Waals surface area contributed by atoms with Crippen LogP contribution in [0.15, 0.2) is 0 Å². The Morgan fingerprint density at radius 3 is 2.81 bits per heavy atom. The summed E-state index contributed by atoms with van der Waals surface area (Å²) in [4.78, 5) is 0. The van der Waals surface area contributed by atoms with Gasteiger partial charge in [-0.25, -0.2) is 0 Å². The summed E-state index contributed by atoms with van der Waals surface area (Å²) >= 11 is 0. The average molecular weight is 225 g/mol. The molecule has 1 saturated carbocycles. The quantitative estimate of drug-likeness (QED) is 0.794. The molecule has 1 saturated heterocycles. The van der Waals surface area contributed by atoms with Crippen molar-refractivity contribution in [2.24, 2.45) is 11.8 Å². The molecule has 1 aliphatic carbocycles. The highest BCUT2D eigenvalue weighted by molar-refractivity contribution is 4.79. The second-order valence-corrected chi connectivity index (χ2v) is 5.89. The third kappa shape index (κ3) is 3.46. The molecular weight excluding hydrogens is 198 g/mol. The summed E-state index contributed by atoms with van der Waals surface area (Å²) in [5.74, 6) is 1.85. The fourth-order valence-corrected chi connectivity index (χ4v) is 3.23. The van der Waals surface area contributed by atoms with Crippen LogP contribution in [0.1, 0.15) is 52.4 Å². The first-order valence-corrected chi connectivity index (χ1v) is 7.10. The van der Waals surface area contributed by atoms with Gasteiger partial charge in [-0.2, -0.15) is 0 Å². The van der Waals surface area contributed by atoms with Gasteiger partial charge in [0.1, 0.15) is 0 Å². The normalized spacial score (nSPS) is 37.5. The van der Waals surface area contributed by atoms with E-state index in [1.165, 1.54) is 45.1 Å². The van der Waals surface area contributed by atoms with E-state index in [1.54, 1.807) is 0 Å². The van der Waals surface area contributed by atoms with E-state index in [2.05, 4.69) is 19.2 Å². The maximum Gasteiger partial charge on any atom is 0.0726 e. The van der Waals surface area contributed by atoms with Crippen molar-refractivity contribution in [1.82, 2.24) is 5.32 Å². The minimum Gasteiger partial charge on any atom is -0.377 e. The minimum atomic E-state index is 0.473. The third-order valence-corrected chi connectivity index (χ3v) is 4.30. The van der Waals surface area contributed by atoms with Crippen LogP contribution >= 0.6 is 0 Å². The largest absolute Gasteiger partial charge is 0.377 e. The molecule has 2 nitrogen and oxygen atoms in total. The van der Waals surface area contributed by atoms with Gasteiger partial charge in [-0.05, 0) is 51.0 Å². The average Bonchev–Trinajstić information content (AvgIpc) is 2.79. The van der Waals surface area contributed by atoms with Crippen molar-refractivity contribution in [3.05, 3.63) is 0 Å². The maximum absolute atomic E-state index is 5.71. The molecule has 94 valence electrons.